The van der Waals surface area contributed by atoms with Gasteiger partial charge in [-0.25, -0.2) is 9.37 Å². The van der Waals surface area contributed by atoms with Crippen molar-refractivity contribution in [1.29, 1.82) is 0 Å². The molecule has 2 atom stereocenters. The van der Waals surface area contributed by atoms with Gasteiger partial charge in [0.25, 0.3) is 0 Å². The number of benzene rings is 2. The number of carbonyl (C=O) groups is 1. The van der Waals surface area contributed by atoms with Crippen LogP contribution < -0.4 is 14.8 Å². The smallest absolute Gasteiger partial charge is 0.224 e. The Morgan fingerprint density at radius 2 is 1.84 bits per heavy atom. The molecular weight excluding hydrogens is 395 g/mol. The predicted molar refractivity (Wildman–Crippen MR) is 116 cm³/mol. The van der Waals surface area contributed by atoms with Crippen molar-refractivity contribution in [1.82, 2.24) is 10.3 Å². The molecule has 6 heteroatoms. The highest BCUT2D eigenvalue weighted by Gasteiger charge is 2.43. The lowest BCUT2D eigenvalue weighted by molar-refractivity contribution is -0.122. The molecule has 1 N–H and O–H groups in total. The molecule has 1 aliphatic rings. The van der Waals surface area contributed by atoms with Gasteiger partial charge >= 0.3 is 0 Å². The third-order valence-electron chi connectivity index (χ3n) is 5.24. The fraction of sp³-hybridized carbons (Fsp3) is 0.280. The second-order valence-corrected chi connectivity index (χ2v) is 7.61. The number of nitrogens with zero attached hydrogens (tertiary/aromatic N) is 1. The number of nitrogens with one attached hydrogen (secondary N) is 1. The minimum absolute atomic E-state index is 0.0125. The number of carbonyl (C=O) groups excluding carboxylic acids is 1. The fourth-order valence-electron chi connectivity index (χ4n) is 3.46. The summed E-state index contributed by atoms with van der Waals surface area (Å²) in [6.07, 6.45) is 3.39. The number of hydrogen-bond donors (Lipinski definition) is 1. The molecule has 5 nitrogen and oxygen atoms in total. The van der Waals surface area contributed by atoms with Crippen LogP contribution in [0.4, 0.5) is 4.39 Å². The topological polar surface area (TPSA) is 60.5 Å². The predicted octanol–water partition coefficient (Wildman–Crippen LogP) is 5.22. The zero-order chi connectivity index (χ0) is 21.6. The van der Waals surface area contributed by atoms with E-state index in [2.05, 4.69) is 17.2 Å². The first-order chi connectivity index (χ1) is 15.1. The number of rotatable bonds is 9. The third kappa shape index (κ3) is 5.40. The van der Waals surface area contributed by atoms with Gasteiger partial charge in [0.2, 0.25) is 11.8 Å². The lowest BCUT2D eigenvalue weighted by Gasteiger charge is -2.11. The van der Waals surface area contributed by atoms with Crippen LogP contribution in [0.3, 0.4) is 0 Å². The van der Waals surface area contributed by atoms with E-state index in [1.165, 1.54) is 12.1 Å². The molecule has 0 bridgehead atoms. The maximum Gasteiger partial charge on any atom is 0.224 e. The maximum absolute atomic E-state index is 13.1. The van der Waals surface area contributed by atoms with Crippen molar-refractivity contribution >= 4 is 5.91 Å². The van der Waals surface area contributed by atoms with Crippen molar-refractivity contribution in [2.45, 2.75) is 32.2 Å². The van der Waals surface area contributed by atoms with Gasteiger partial charge in [0.05, 0.1) is 6.61 Å². The summed E-state index contributed by atoms with van der Waals surface area (Å²) in [5.41, 5.74) is 1.79. The molecule has 1 amide bonds. The van der Waals surface area contributed by atoms with E-state index in [-0.39, 0.29) is 23.6 Å². The van der Waals surface area contributed by atoms with Crippen molar-refractivity contribution < 1.29 is 18.7 Å². The Labute approximate surface area is 181 Å². The third-order valence-corrected chi connectivity index (χ3v) is 5.24. The van der Waals surface area contributed by atoms with Crippen LogP contribution in [0.15, 0.2) is 66.9 Å². The monoisotopic (exact) mass is 420 g/mol. The number of aromatic nitrogens is 1. The largest absolute Gasteiger partial charge is 0.494 e. The Kier molecular flexibility index (Phi) is 6.46. The molecule has 2 aromatic carbocycles. The average Bonchev–Trinajstić information content (AvgIpc) is 3.59. The number of pyridine rings is 1. The summed E-state index contributed by atoms with van der Waals surface area (Å²) in [7, 11) is 0. The minimum atomic E-state index is -0.266. The highest BCUT2D eigenvalue weighted by molar-refractivity contribution is 5.82. The van der Waals surface area contributed by atoms with Gasteiger partial charge in [-0.1, -0.05) is 25.1 Å². The van der Waals surface area contributed by atoms with E-state index in [0.29, 0.717) is 24.8 Å². The Morgan fingerprint density at radius 1 is 1.10 bits per heavy atom. The van der Waals surface area contributed by atoms with Crippen molar-refractivity contribution in [2.75, 3.05) is 6.61 Å². The average molecular weight is 420 g/mol. The Morgan fingerprint density at radius 3 is 2.58 bits per heavy atom. The molecule has 1 aliphatic carbocycles. The molecule has 1 saturated carbocycles. The number of amides is 1. The molecule has 2 unspecified atom stereocenters. The van der Waals surface area contributed by atoms with Crippen LogP contribution >= 0.6 is 0 Å². The number of hydrogen-bond acceptors (Lipinski definition) is 4. The highest BCUT2D eigenvalue weighted by atomic mass is 19.1. The Balaban J connectivity index is 1.33. The lowest BCUT2D eigenvalue weighted by atomic mass is 10.1. The number of halogens is 1. The van der Waals surface area contributed by atoms with Crippen molar-refractivity contribution in [2.24, 2.45) is 5.92 Å². The van der Waals surface area contributed by atoms with Crippen LogP contribution in [0.25, 0.3) is 0 Å². The van der Waals surface area contributed by atoms with E-state index in [0.717, 1.165) is 29.7 Å². The van der Waals surface area contributed by atoms with Gasteiger partial charge < -0.3 is 14.8 Å². The van der Waals surface area contributed by atoms with Crippen LogP contribution in [0, 0.1) is 11.7 Å². The van der Waals surface area contributed by atoms with Crippen LogP contribution in [-0.2, 0) is 11.3 Å². The second kappa shape index (κ2) is 9.60. The standard InChI is InChI=1S/C25H25FN2O3/c1-2-14-30-20-9-11-21(12-10-20)31-25-18(4-3-13-27-25)16-28-24(29)23-15-22(23)17-5-7-19(26)8-6-17/h3-13,22-23H,2,14-16H2,1H3,(H,28,29). The lowest BCUT2D eigenvalue weighted by Crippen LogP contribution is -2.25. The van der Waals surface area contributed by atoms with Crippen LogP contribution in [-0.4, -0.2) is 17.5 Å². The fourth-order valence-corrected chi connectivity index (χ4v) is 3.46. The van der Waals surface area contributed by atoms with Gasteiger partial charge in [0, 0.05) is 24.2 Å². The summed E-state index contributed by atoms with van der Waals surface area (Å²) in [5, 5.41) is 2.98. The number of ether oxygens (including phenoxy) is 2. The summed E-state index contributed by atoms with van der Waals surface area (Å²) in [6.45, 7) is 3.06. The zero-order valence-electron chi connectivity index (χ0n) is 17.4. The van der Waals surface area contributed by atoms with E-state index in [9.17, 15) is 9.18 Å². The zero-order valence-corrected chi connectivity index (χ0v) is 17.4. The van der Waals surface area contributed by atoms with Crippen molar-refractivity contribution in [3.63, 3.8) is 0 Å². The molecule has 3 aromatic rings. The summed E-state index contributed by atoms with van der Waals surface area (Å²) < 4.78 is 24.6. The molecule has 4 rings (SSSR count). The Hall–Kier alpha value is -3.41. The second-order valence-electron chi connectivity index (χ2n) is 7.61. The van der Waals surface area contributed by atoms with E-state index in [4.69, 9.17) is 9.47 Å². The summed E-state index contributed by atoms with van der Waals surface area (Å²) in [4.78, 5) is 16.9. The molecule has 0 radical (unpaired) electrons. The van der Waals surface area contributed by atoms with Gasteiger partial charge in [0.1, 0.15) is 17.3 Å². The molecule has 0 spiro atoms. The first kappa shape index (κ1) is 20.8. The van der Waals surface area contributed by atoms with Crippen LogP contribution in [0.2, 0.25) is 0 Å². The molecule has 1 aromatic heterocycles. The van der Waals surface area contributed by atoms with Crippen LogP contribution in [0.1, 0.15) is 36.8 Å². The molecule has 31 heavy (non-hydrogen) atoms. The molecule has 1 heterocycles. The van der Waals surface area contributed by atoms with Gasteiger partial charge in [0.15, 0.2) is 0 Å². The molecule has 160 valence electrons. The first-order valence-electron chi connectivity index (χ1n) is 10.5. The summed E-state index contributed by atoms with van der Waals surface area (Å²) in [6, 6.07) is 17.4. The maximum atomic E-state index is 13.1. The van der Waals surface area contributed by atoms with E-state index in [1.807, 2.05) is 36.4 Å². The molecule has 1 fully saturated rings. The van der Waals surface area contributed by atoms with Crippen LogP contribution in [0.5, 0.6) is 17.4 Å². The molecule has 0 aliphatic heterocycles. The summed E-state index contributed by atoms with van der Waals surface area (Å²) >= 11 is 0. The SMILES string of the molecule is CCCOc1ccc(Oc2ncccc2CNC(=O)C2CC2c2ccc(F)cc2)cc1. The quantitative estimate of drug-likeness (QED) is 0.515. The van der Waals surface area contributed by atoms with Gasteiger partial charge in [-0.15, -0.1) is 0 Å². The first-order valence-corrected chi connectivity index (χ1v) is 10.5. The van der Waals surface area contributed by atoms with Crippen molar-refractivity contribution in [3.05, 3.63) is 83.8 Å². The van der Waals surface area contributed by atoms with E-state index >= 15 is 0 Å². The van der Waals surface area contributed by atoms with Gasteiger partial charge in [-0.3, -0.25) is 4.79 Å². The molecule has 0 saturated heterocycles. The highest BCUT2D eigenvalue weighted by Crippen LogP contribution is 2.47. The molecular formula is C25H25FN2O3. The van der Waals surface area contributed by atoms with Crippen molar-refractivity contribution in [3.8, 4) is 17.4 Å². The van der Waals surface area contributed by atoms with Gasteiger partial charge in [-0.05, 0) is 66.8 Å². The van der Waals surface area contributed by atoms with Gasteiger partial charge in [-0.2, -0.15) is 0 Å². The minimum Gasteiger partial charge on any atom is -0.494 e. The normalized spacial score (nSPS) is 17.1. The van der Waals surface area contributed by atoms with E-state index < -0.39 is 0 Å². The van der Waals surface area contributed by atoms with E-state index in [1.54, 1.807) is 18.3 Å². The summed E-state index contributed by atoms with van der Waals surface area (Å²) in [5.74, 6) is 1.69. The Bertz CT molecular complexity index is 1020.